The van der Waals surface area contributed by atoms with Crippen LogP contribution in [0.2, 0.25) is 0 Å². The number of carboxylic acid groups (broad SMARTS) is 1. The van der Waals surface area contributed by atoms with Crippen molar-refractivity contribution in [2.24, 2.45) is 0 Å². The summed E-state index contributed by atoms with van der Waals surface area (Å²) in [5.41, 5.74) is 1.50. The second-order valence-corrected chi connectivity index (χ2v) is 4.76. The third kappa shape index (κ3) is 2.33. The SMILES string of the molecule is COc1ccc(O)c(-c2cc(C(=O)O)c3ccccc3n2)c1. The van der Waals surface area contributed by atoms with Crippen LogP contribution in [0.3, 0.4) is 0 Å². The first-order valence-electron chi connectivity index (χ1n) is 6.60. The van der Waals surface area contributed by atoms with Gasteiger partial charge in [-0.15, -0.1) is 0 Å². The maximum absolute atomic E-state index is 11.5. The van der Waals surface area contributed by atoms with Gasteiger partial charge < -0.3 is 14.9 Å². The predicted octanol–water partition coefficient (Wildman–Crippen LogP) is 3.31. The van der Waals surface area contributed by atoms with E-state index in [1.165, 1.54) is 19.2 Å². The van der Waals surface area contributed by atoms with Crippen LogP contribution in [0.1, 0.15) is 10.4 Å². The lowest BCUT2D eigenvalue weighted by molar-refractivity contribution is 0.0699. The van der Waals surface area contributed by atoms with E-state index in [1.54, 1.807) is 36.4 Å². The highest BCUT2D eigenvalue weighted by Crippen LogP contribution is 2.33. The molecule has 5 nitrogen and oxygen atoms in total. The average Bonchev–Trinajstić information content (AvgIpc) is 2.54. The number of hydrogen-bond acceptors (Lipinski definition) is 4. The van der Waals surface area contributed by atoms with Crippen molar-refractivity contribution in [2.45, 2.75) is 0 Å². The molecule has 0 atom stereocenters. The average molecular weight is 295 g/mol. The number of nitrogens with zero attached hydrogens (tertiary/aromatic N) is 1. The van der Waals surface area contributed by atoms with E-state index >= 15 is 0 Å². The second-order valence-electron chi connectivity index (χ2n) is 4.76. The Morgan fingerprint density at radius 3 is 2.64 bits per heavy atom. The number of aromatic nitrogens is 1. The molecule has 2 N–H and O–H groups in total. The maximum atomic E-state index is 11.5. The Balaban J connectivity index is 2.30. The minimum absolute atomic E-state index is 0.0138. The standard InChI is InChI=1S/C17H13NO4/c1-22-10-6-7-16(19)13(8-10)15-9-12(17(20)21)11-4-2-3-5-14(11)18-15/h2-9,19H,1H3,(H,20,21). The van der Waals surface area contributed by atoms with Gasteiger partial charge in [0.05, 0.1) is 23.9 Å². The van der Waals surface area contributed by atoms with Crippen LogP contribution >= 0.6 is 0 Å². The van der Waals surface area contributed by atoms with Gasteiger partial charge in [-0.2, -0.15) is 0 Å². The van der Waals surface area contributed by atoms with Crippen molar-refractivity contribution in [3.63, 3.8) is 0 Å². The van der Waals surface area contributed by atoms with Crippen LogP contribution in [-0.2, 0) is 0 Å². The molecule has 2 aromatic carbocycles. The van der Waals surface area contributed by atoms with Gasteiger partial charge >= 0.3 is 5.97 Å². The molecule has 0 radical (unpaired) electrons. The van der Waals surface area contributed by atoms with Crippen LogP contribution in [0.15, 0.2) is 48.5 Å². The van der Waals surface area contributed by atoms with Crippen LogP contribution in [0.4, 0.5) is 0 Å². The third-order valence-corrected chi connectivity index (χ3v) is 3.43. The van der Waals surface area contributed by atoms with E-state index in [0.717, 1.165) is 0 Å². The molecule has 0 unspecified atom stereocenters. The van der Waals surface area contributed by atoms with Crippen LogP contribution < -0.4 is 4.74 Å². The summed E-state index contributed by atoms with van der Waals surface area (Å²) in [4.78, 5) is 15.9. The van der Waals surface area contributed by atoms with E-state index in [4.69, 9.17) is 4.74 Å². The van der Waals surface area contributed by atoms with Crippen LogP contribution in [0, 0.1) is 0 Å². The number of aromatic carboxylic acids is 1. The summed E-state index contributed by atoms with van der Waals surface area (Å²) < 4.78 is 5.14. The summed E-state index contributed by atoms with van der Waals surface area (Å²) in [5.74, 6) is -0.471. The Kier molecular flexibility index (Phi) is 3.39. The number of phenolic OH excluding ortho intramolecular Hbond substituents is 1. The molecule has 22 heavy (non-hydrogen) atoms. The fourth-order valence-electron chi connectivity index (χ4n) is 2.34. The molecule has 0 aliphatic carbocycles. The topological polar surface area (TPSA) is 79.7 Å². The van der Waals surface area contributed by atoms with E-state index in [1.807, 2.05) is 0 Å². The largest absolute Gasteiger partial charge is 0.507 e. The van der Waals surface area contributed by atoms with Crippen molar-refractivity contribution in [1.82, 2.24) is 4.98 Å². The zero-order chi connectivity index (χ0) is 15.7. The van der Waals surface area contributed by atoms with Crippen LogP contribution in [0.25, 0.3) is 22.2 Å². The number of pyridine rings is 1. The molecular weight excluding hydrogens is 282 g/mol. The van der Waals surface area contributed by atoms with Gasteiger partial charge in [-0.3, -0.25) is 0 Å². The van der Waals surface area contributed by atoms with Crippen molar-refractivity contribution in [1.29, 1.82) is 0 Å². The molecule has 0 bridgehead atoms. The third-order valence-electron chi connectivity index (χ3n) is 3.43. The molecule has 1 heterocycles. The van der Waals surface area contributed by atoms with Crippen molar-refractivity contribution in [3.8, 4) is 22.8 Å². The molecule has 0 spiro atoms. The van der Waals surface area contributed by atoms with Gasteiger partial charge in [0.15, 0.2) is 0 Å². The Hall–Kier alpha value is -3.08. The lowest BCUT2D eigenvalue weighted by atomic mass is 10.0. The number of methoxy groups -OCH3 is 1. The number of rotatable bonds is 3. The highest BCUT2D eigenvalue weighted by atomic mass is 16.5. The Morgan fingerprint density at radius 2 is 1.91 bits per heavy atom. The molecule has 3 rings (SSSR count). The van der Waals surface area contributed by atoms with E-state index < -0.39 is 5.97 Å². The molecule has 5 heteroatoms. The quantitative estimate of drug-likeness (QED) is 0.775. The van der Waals surface area contributed by atoms with Crippen LogP contribution in [-0.4, -0.2) is 28.3 Å². The smallest absolute Gasteiger partial charge is 0.336 e. The van der Waals surface area contributed by atoms with Crippen LogP contribution in [0.5, 0.6) is 11.5 Å². The van der Waals surface area contributed by atoms with Gasteiger partial charge in [0.1, 0.15) is 11.5 Å². The molecule has 0 fully saturated rings. The predicted molar refractivity (Wildman–Crippen MR) is 82.4 cm³/mol. The lowest BCUT2D eigenvalue weighted by Crippen LogP contribution is -2.00. The molecule has 0 amide bonds. The van der Waals surface area contributed by atoms with Gasteiger partial charge in [0, 0.05) is 10.9 Å². The monoisotopic (exact) mass is 295 g/mol. The van der Waals surface area contributed by atoms with Gasteiger partial charge in [0.25, 0.3) is 0 Å². The van der Waals surface area contributed by atoms with E-state index in [0.29, 0.717) is 27.9 Å². The van der Waals surface area contributed by atoms with E-state index in [2.05, 4.69) is 4.98 Å². The van der Waals surface area contributed by atoms with Crippen molar-refractivity contribution < 1.29 is 19.7 Å². The minimum atomic E-state index is -1.04. The van der Waals surface area contributed by atoms with Crippen molar-refractivity contribution in [3.05, 3.63) is 54.1 Å². The van der Waals surface area contributed by atoms with Crippen molar-refractivity contribution in [2.75, 3.05) is 7.11 Å². The summed E-state index contributed by atoms with van der Waals surface area (Å²) in [6.07, 6.45) is 0. The first kappa shape index (κ1) is 13.9. The second kappa shape index (κ2) is 5.37. The fraction of sp³-hybridized carbons (Fsp3) is 0.0588. The number of hydrogen-bond donors (Lipinski definition) is 2. The first-order chi connectivity index (χ1) is 10.6. The number of aromatic hydroxyl groups is 1. The van der Waals surface area contributed by atoms with Gasteiger partial charge in [-0.05, 0) is 30.3 Å². The number of phenols is 1. The van der Waals surface area contributed by atoms with E-state index in [9.17, 15) is 15.0 Å². The van der Waals surface area contributed by atoms with Gasteiger partial charge in [-0.1, -0.05) is 18.2 Å². The molecule has 110 valence electrons. The number of fused-ring (bicyclic) bond motifs is 1. The summed E-state index contributed by atoms with van der Waals surface area (Å²) in [6, 6.07) is 13.2. The number of benzene rings is 2. The molecule has 3 aromatic rings. The fourth-order valence-corrected chi connectivity index (χ4v) is 2.34. The molecule has 0 saturated heterocycles. The molecule has 0 aliphatic heterocycles. The Morgan fingerprint density at radius 1 is 1.14 bits per heavy atom. The summed E-state index contributed by atoms with van der Waals surface area (Å²) in [5, 5.41) is 20.0. The number of ether oxygens (including phenoxy) is 1. The zero-order valence-electron chi connectivity index (χ0n) is 11.8. The molecule has 1 aromatic heterocycles. The Labute approximate surface area is 126 Å². The summed E-state index contributed by atoms with van der Waals surface area (Å²) in [7, 11) is 1.52. The van der Waals surface area contributed by atoms with Gasteiger partial charge in [-0.25, -0.2) is 9.78 Å². The number of para-hydroxylation sites is 1. The molecule has 0 aliphatic rings. The maximum Gasteiger partial charge on any atom is 0.336 e. The number of carboxylic acids is 1. The van der Waals surface area contributed by atoms with E-state index in [-0.39, 0.29) is 11.3 Å². The highest BCUT2D eigenvalue weighted by molar-refractivity contribution is 6.03. The summed E-state index contributed by atoms with van der Waals surface area (Å²) >= 11 is 0. The lowest BCUT2D eigenvalue weighted by Gasteiger charge is -2.10. The Bertz CT molecular complexity index is 874. The minimum Gasteiger partial charge on any atom is -0.507 e. The highest BCUT2D eigenvalue weighted by Gasteiger charge is 2.15. The molecule has 0 saturated carbocycles. The normalized spacial score (nSPS) is 10.6. The van der Waals surface area contributed by atoms with Gasteiger partial charge in [0.2, 0.25) is 0 Å². The zero-order valence-corrected chi connectivity index (χ0v) is 11.8. The molecular formula is C17H13NO4. The number of carbonyl (C=O) groups is 1. The summed E-state index contributed by atoms with van der Waals surface area (Å²) in [6.45, 7) is 0. The van der Waals surface area contributed by atoms with Crippen molar-refractivity contribution >= 4 is 16.9 Å². The first-order valence-corrected chi connectivity index (χ1v) is 6.60.